The molecule has 0 aliphatic heterocycles. The normalized spacial score (nSPS) is 10.9. The van der Waals surface area contributed by atoms with Crippen molar-refractivity contribution < 1.29 is 14.3 Å². The Morgan fingerprint density at radius 2 is 2.27 bits per heavy atom. The van der Waals surface area contributed by atoms with Crippen LogP contribution in [0.3, 0.4) is 0 Å². The van der Waals surface area contributed by atoms with Crippen LogP contribution in [-0.2, 0) is 17.8 Å². The van der Waals surface area contributed by atoms with Crippen molar-refractivity contribution in [3.05, 3.63) is 16.4 Å². The smallest absolute Gasteiger partial charge is 0.437 e. The fourth-order valence-corrected chi connectivity index (χ4v) is 1.12. The van der Waals surface area contributed by atoms with E-state index in [1.807, 2.05) is 13.8 Å². The molecule has 84 valence electrons. The number of carboxylic acid groups (broad SMARTS) is 1. The Bertz CT molecular complexity index is 391. The molecule has 0 aliphatic carbocycles. The van der Waals surface area contributed by atoms with Gasteiger partial charge in [0.05, 0.1) is 13.0 Å². The van der Waals surface area contributed by atoms with Gasteiger partial charge in [-0.25, -0.2) is 4.79 Å². The van der Waals surface area contributed by atoms with Crippen molar-refractivity contribution in [3.8, 4) is 0 Å². The molecule has 1 aromatic heterocycles. The molecule has 0 spiro atoms. The molecule has 1 aromatic rings. The quantitative estimate of drug-likeness (QED) is 0.771. The molecule has 1 rings (SSSR count). The Labute approximate surface area is 86.5 Å². The third-order valence-electron chi connectivity index (χ3n) is 1.77. The summed E-state index contributed by atoms with van der Waals surface area (Å²) >= 11 is 0. The molecule has 0 amide bonds. The van der Waals surface area contributed by atoms with Crippen LogP contribution >= 0.6 is 0 Å². The molecule has 0 atom stereocenters. The van der Waals surface area contributed by atoms with Gasteiger partial charge in [-0.2, -0.15) is 4.68 Å². The number of carboxylic acids is 1. The maximum atomic E-state index is 11.2. The Kier molecular flexibility index (Phi) is 3.65. The number of hydrogen-bond acceptors (Lipinski definition) is 4. The first-order valence-corrected chi connectivity index (χ1v) is 4.77. The van der Waals surface area contributed by atoms with E-state index in [4.69, 9.17) is 9.52 Å². The number of nitrogens with zero attached hydrogens (tertiary/aromatic N) is 2. The molecule has 0 fully saturated rings. The maximum Gasteiger partial charge on any atom is 0.437 e. The summed E-state index contributed by atoms with van der Waals surface area (Å²) in [7, 11) is 0. The minimum absolute atomic E-state index is 0.0514. The number of aromatic nitrogens is 2. The van der Waals surface area contributed by atoms with E-state index in [0.29, 0.717) is 18.2 Å². The Balaban J connectivity index is 2.69. The zero-order valence-corrected chi connectivity index (χ0v) is 8.77. The molecule has 0 saturated heterocycles. The van der Waals surface area contributed by atoms with Crippen LogP contribution < -0.4 is 5.76 Å². The average molecular weight is 214 g/mol. The minimum Gasteiger partial charge on any atom is -0.481 e. The summed E-state index contributed by atoms with van der Waals surface area (Å²) in [6.45, 7) is 4.02. The van der Waals surface area contributed by atoms with Gasteiger partial charge in [0, 0.05) is 6.42 Å². The number of carbonyl (C=O) groups is 1. The second-order valence-electron chi connectivity index (χ2n) is 3.73. The van der Waals surface area contributed by atoms with Gasteiger partial charge in [-0.05, 0) is 5.92 Å². The lowest BCUT2D eigenvalue weighted by molar-refractivity contribution is -0.137. The molecule has 15 heavy (non-hydrogen) atoms. The summed E-state index contributed by atoms with van der Waals surface area (Å²) in [5.41, 5.74) is 0. The van der Waals surface area contributed by atoms with E-state index in [9.17, 15) is 9.59 Å². The molecule has 0 aliphatic rings. The van der Waals surface area contributed by atoms with Crippen LogP contribution in [0.15, 0.2) is 9.21 Å². The van der Waals surface area contributed by atoms with Crippen LogP contribution in [0.2, 0.25) is 0 Å². The average Bonchev–Trinajstić information content (AvgIpc) is 2.41. The first-order chi connectivity index (χ1) is 6.99. The van der Waals surface area contributed by atoms with E-state index in [0.717, 1.165) is 4.68 Å². The molecular formula is C9H14N2O4. The highest BCUT2D eigenvalue weighted by atomic mass is 16.4. The van der Waals surface area contributed by atoms with E-state index in [2.05, 4.69) is 5.10 Å². The Hall–Kier alpha value is -1.59. The second kappa shape index (κ2) is 4.77. The zero-order valence-electron chi connectivity index (χ0n) is 8.77. The maximum absolute atomic E-state index is 11.2. The summed E-state index contributed by atoms with van der Waals surface area (Å²) in [5.74, 6) is -0.849. The van der Waals surface area contributed by atoms with Gasteiger partial charge >= 0.3 is 11.7 Å². The molecule has 0 unspecified atom stereocenters. The van der Waals surface area contributed by atoms with E-state index in [1.54, 1.807) is 0 Å². The summed E-state index contributed by atoms with van der Waals surface area (Å²) in [4.78, 5) is 21.5. The van der Waals surface area contributed by atoms with Gasteiger partial charge in [-0.3, -0.25) is 4.79 Å². The highest BCUT2D eigenvalue weighted by Crippen LogP contribution is 2.02. The Morgan fingerprint density at radius 1 is 1.60 bits per heavy atom. The van der Waals surface area contributed by atoms with Gasteiger partial charge in [0.25, 0.3) is 0 Å². The van der Waals surface area contributed by atoms with Crippen molar-refractivity contribution in [2.45, 2.75) is 33.2 Å². The number of aliphatic carboxylic acids is 1. The highest BCUT2D eigenvalue weighted by molar-refractivity contribution is 5.66. The van der Waals surface area contributed by atoms with E-state index in [1.165, 1.54) is 0 Å². The first kappa shape index (κ1) is 11.5. The van der Waals surface area contributed by atoms with Gasteiger partial charge in [0.1, 0.15) is 0 Å². The predicted molar refractivity (Wildman–Crippen MR) is 51.6 cm³/mol. The molecule has 6 heteroatoms. The molecule has 0 saturated carbocycles. The molecule has 1 heterocycles. The SMILES string of the molecule is CC(C)Cc1nn(CCC(=O)O)c(=O)o1. The first-order valence-electron chi connectivity index (χ1n) is 4.77. The van der Waals surface area contributed by atoms with Gasteiger partial charge in [-0.15, -0.1) is 5.10 Å². The molecule has 6 nitrogen and oxygen atoms in total. The summed E-state index contributed by atoms with van der Waals surface area (Å²) < 4.78 is 5.91. The van der Waals surface area contributed by atoms with Crippen LogP contribution in [0.5, 0.6) is 0 Å². The van der Waals surface area contributed by atoms with Gasteiger partial charge in [0.2, 0.25) is 5.89 Å². The standard InChI is InChI=1S/C9H14N2O4/c1-6(2)5-7-10-11(9(14)15-7)4-3-8(12)13/h6H,3-5H2,1-2H3,(H,12,13). The third kappa shape index (κ3) is 3.57. The van der Waals surface area contributed by atoms with Crippen molar-refractivity contribution in [1.29, 1.82) is 0 Å². The molecule has 0 aromatic carbocycles. The molecule has 1 N–H and O–H groups in total. The van der Waals surface area contributed by atoms with Crippen molar-refractivity contribution in [2.24, 2.45) is 5.92 Å². The monoisotopic (exact) mass is 214 g/mol. The van der Waals surface area contributed by atoms with Crippen molar-refractivity contribution in [3.63, 3.8) is 0 Å². The predicted octanol–water partition coefficient (Wildman–Crippen LogP) is 0.510. The van der Waals surface area contributed by atoms with Crippen LogP contribution in [-0.4, -0.2) is 20.9 Å². The van der Waals surface area contributed by atoms with Crippen LogP contribution in [0.1, 0.15) is 26.2 Å². The number of aryl methyl sites for hydroxylation is 1. The van der Waals surface area contributed by atoms with Crippen LogP contribution in [0.4, 0.5) is 0 Å². The van der Waals surface area contributed by atoms with E-state index >= 15 is 0 Å². The summed E-state index contributed by atoms with van der Waals surface area (Å²) in [6, 6.07) is 0. The molecular weight excluding hydrogens is 200 g/mol. The van der Waals surface area contributed by atoms with E-state index < -0.39 is 11.7 Å². The fourth-order valence-electron chi connectivity index (χ4n) is 1.12. The summed E-state index contributed by atoms with van der Waals surface area (Å²) in [5, 5.41) is 12.3. The topological polar surface area (TPSA) is 85.3 Å². The van der Waals surface area contributed by atoms with Gasteiger partial charge in [-0.1, -0.05) is 13.8 Å². The zero-order chi connectivity index (χ0) is 11.4. The third-order valence-corrected chi connectivity index (χ3v) is 1.77. The van der Waals surface area contributed by atoms with Crippen molar-refractivity contribution in [2.75, 3.05) is 0 Å². The number of rotatable bonds is 5. The number of hydrogen-bond donors (Lipinski definition) is 1. The largest absolute Gasteiger partial charge is 0.481 e. The van der Waals surface area contributed by atoms with Gasteiger partial charge in [0.15, 0.2) is 0 Å². The molecule has 0 radical (unpaired) electrons. The lowest BCUT2D eigenvalue weighted by atomic mass is 10.1. The fraction of sp³-hybridized carbons (Fsp3) is 0.667. The molecule has 0 bridgehead atoms. The highest BCUT2D eigenvalue weighted by Gasteiger charge is 2.10. The van der Waals surface area contributed by atoms with Gasteiger partial charge < -0.3 is 9.52 Å². The van der Waals surface area contributed by atoms with Crippen molar-refractivity contribution >= 4 is 5.97 Å². The minimum atomic E-state index is -0.963. The van der Waals surface area contributed by atoms with Crippen molar-refractivity contribution in [1.82, 2.24) is 9.78 Å². The van der Waals surface area contributed by atoms with E-state index in [-0.39, 0.29) is 13.0 Å². The lowest BCUT2D eigenvalue weighted by Crippen LogP contribution is -2.17. The summed E-state index contributed by atoms with van der Waals surface area (Å²) in [6.07, 6.45) is 0.447. The lowest BCUT2D eigenvalue weighted by Gasteiger charge is -1.97. The van der Waals surface area contributed by atoms with Crippen LogP contribution in [0, 0.1) is 5.92 Å². The van der Waals surface area contributed by atoms with Crippen LogP contribution in [0.25, 0.3) is 0 Å². The Morgan fingerprint density at radius 3 is 2.80 bits per heavy atom. The second-order valence-corrected chi connectivity index (χ2v) is 3.73.